The highest BCUT2D eigenvalue weighted by Gasteiger charge is 2.10. The zero-order valence-electron chi connectivity index (χ0n) is 10.3. The Labute approximate surface area is 106 Å². The van der Waals surface area contributed by atoms with Crippen molar-refractivity contribution in [2.75, 3.05) is 14.2 Å². The van der Waals surface area contributed by atoms with Gasteiger partial charge in [-0.3, -0.25) is 9.78 Å². The van der Waals surface area contributed by atoms with Crippen molar-refractivity contribution < 1.29 is 9.53 Å². The van der Waals surface area contributed by atoms with Gasteiger partial charge in [-0.15, -0.1) is 0 Å². The molecule has 0 aliphatic carbocycles. The number of hydrogen-bond donors (Lipinski definition) is 1. The molecule has 1 aromatic heterocycles. The van der Waals surface area contributed by atoms with Crippen molar-refractivity contribution in [2.24, 2.45) is 0 Å². The first-order valence-electron chi connectivity index (χ1n) is 5.56. The first-order valence-corrected chi connectivity index (χ1v) is 5.56. The fourth-order valence-corrected chi connectivity index (χ4v) is 1.74. The van der Waals surface area contributed by atoms with Gasteiger partial charge in [-0.2, -0.15) is 0 Å². The molecule has 92 valence electrons. The lowest BCUT2D eigenvalue weighted by Gasteiger charge is -2.10. The first-order chi connectivity index (χ1) is 8.76. The van der Waals surface area contributed by atoms with Gasteiger partial charge in [0.1, 0.15) is 5.75 Å². The number of nitrogens with zero attached hydrogens (tertiary/aromatic N) is 1. The number of amides is 1. The molecule has 0 spiro atoms. The van der Waals surface area contributed by atoms with E-state index >= 15 is 0 Å². The lowest BCUT2D eigenvalue weighted by molar-refractivity contribution is 0.0963. The van der Waals surface area contributed by atoms with Crippen LogP contribution in [0, 0.1) is 0 Å². The predicted molar refractivity (Wildman–Crippen MR) is 69.6 cm³/mol. The molecule has 0 saturated carbocycles. The molecule has 0 atom stereocenters. The lowest BCUT2D eigenvalue weighted by Crippen LogP contribution is -2.17. The summed E-state index contributed by atoms with van der Waals surface area (Å²) in [6.45, 7) is 0. The molecule has 2 aromatic rings. The second kappa shape index (κ2) is 5.31. The normalized spacial score (nSPS) is 9.89. The number of benzene rings is 1. The highest BCUT2D eigenvalue weighted by atomic mass is 16.5. The summed E-state index contributed by atoms with van der Waals surface area (Å²) in [6.07, 6.45) is 3.45. The molecule has 1 aromatic carbocycles. The standard InChI is InChI=1S/C14H14N2O2/c1-15-14(17)10-5-6-13(18-2)12(8-10)11-4-3-7-16-9-11/h3-9H,1-2H3,(H,15,17). The summed E-state index contributed by atoms with van der Waals surface area (Å²) in [5, 5.41) is 2.60. The molecule has 0 aliphatic rings. The minimum absolute atomic E-state index is 0.122. The number of carbonyl (C=O) groups is 1. The Balaban J connectivity index is 2.53. The van der Waals surface area contributed by atoms with Crippen LogP contribution in [0.25, 0.3) is 11.1 Å². The highest BCUT2D eigenvalue weighted by Crippen LogP contribution is 2.30. The number of aromatic nitrogens is 1. The van der Waals surface area contributed by atoms with Gasteiger partial charge in [0.25, 0.3) is 5.91 Å². The molecule has 0 saturated heterocycles. The van der Waals surface area contributed by atoms with Crippen molar-refractivity contribution in [2.45, 2.75) is 0 Å². The molecule has 1 heterocycles. The van der Waals surface area contributed by atoms with Crippen molar-refractivity contribution in [3.05, 3.63) is 48.3 Å². The van der Waals surface area contributed by atoms with E-state index in [0.29, 0.717) is 5.56 Å². The molecule has 0 bridgehead atoms. The van der Waals surface area contributed by atoms with E-state index in [-0.39, 0.29) is 5.91 Å². The largest absolute Gasteiger partial charge is 0.496 e. The van der Waals surface area contributed by atoms with E-state index in [2.05, 4.69) is 10.3 Å². The quantitative estimate of drug-likeness (QED) is 0.896. The molecule has 0 aliphatic heterocycles. The smallest absolute Gasteiger partial charge is 0.251 e. The second-order valence-electron chi connectivity index (χ2n) is 3.74. The van der Waals surface area contributed by atoms with Crippen LogP contribution in [-0.2, 0) is 0 Å². The number of rotatable bonds is 3. The molecule has 1 N–H and O–H groups in total. The monoisotopic (exact) mass is 242 g/mol. The van der Waals surface area contributed by atoms with Crippen LogP contribution >= 0.6 is 0 Å². The Hall–Kier alpha value is -2.36. The summed E-state index contributed by atoms with van der Waals surface area (Å²) >= 11 is 0. The number of ether oxygens (including phenoxy) is 1. The summed E-state index contributed by atoms with van der Waals surface area (Å²) in [5.74, 6) is 0.596. The second-order valence-corrected chi connectivity index (χ2v) is 3.74. The van der Waals surface area contributed by atoms with Crippen molar-refractivity contribution >= 4 is 5.91 Å². The van der Waals surface area contributed by atoms with Gasteiger partial charge in [0.2, 0.25) is 0 Å². The maximum Gasteiger partial charge on any atom is 0.251 e. The van der Waals surface area contributed by atoms with Crippen molar-refractivity contribution in [3.8, 4) is 16.9 Å². The molecular weight excluding hydrogens is 228 g/mol. The van der Waals surface area contributed by atoms with Crippen LogP contribution < -0.4 is 10.1 Å². The van der Waals surface area contributed by atoms with E-state index < -0.39 is 0 Å². The molecule has 4 heteroatoms. The zero-order valence-corrected chi connectivity index (χ0v) is 10.3. The third-order valence-electron chi connectivity index (χ3n) is 2.66. The molecule has 18 heavy (non-hydrogen) atoms. The number of nitrogens with one attached hydrogen (secondary N) is 1. The Kier molecular flexibility index (Phi) is 3.57. The summed E-state index contributed by atoms with van der Waals surface area (Å²) in [6, 6.07) is 9.10. The molecule has 1 amide bonds. The van der Waals surface area contributed by atoms with Crippen molar-refractivity contribution in [1.82, 2.24) is 10.3 Å². The fraction of sp³-hybridized carbons (Fsp3) is 0.143. The third kappa shape index (κ3) is 2.32. The molecular formula is C14H14N2O2. The first kappa shape index (κ1) is 12.1. The Morgan fingerprint density at radius 2 is 2.17 bits per heavy atom. The summed E-state index contributed by atoms with van der Waals surface area (Å²) in [4.78, 5) is 15.7. The Morgan fingerprint density at radius 1 is 1.33 bits per heavy atom. The van der Waals surface area contributed by atoms with E-state index in [9.17, 15) is 4.79 Å². The van der Waals surface area contributed by atoms with Crippen LogP contribution in [-0.4, -0.2) is 25.0 Å². The van der Waals surface area contributed by atoms with Crippen molar-refractivity contribution in [3.63, 3.8) is 0 Å². The van der Waals surface area contributed by atoms with Crippen LogP contribution in [0.5, 0.6) is 5.75 Å². The maximum absolute atomic E-state index is 11.6. The zero-order chi connectivity index (χ0) is 13.0. The number of pyridine rings is 1. The number of hydrogen-bond acceptors (Lipinski definition) is 3. The Morgan fingerprint density at radius 3 is 2.78 bits per heavy atom. The van der Waals surface area contributed by atoms with Crippen molar-refractivity contribution in [1.29, 1.82) is 0 Å². The van der Waals surface area contributed by atoms with Crippen LogP contribution in [0.15, 0.2) is 42.7 Å². The van der Waals surface area contributed by atoms with Gasteiger partial charge in [0.05, 0.1) is 7.11 Å². The van der Waals surface area contributed by atoms with E-state index in [1.165, 1.54) is 0 Å². The van der Waals surface area contributed by atoms with Gasteiger partial charge < -0.3 is 10.1 Å². The van der Waals surface area contributed by atoms with E-state index in [1.54, 1.807) is 44.8 Å². The maximum atomic E-state index is 11.6. The SMILES string of the molecule is CNC(=O)c1ccc(OC)c(-c2cccnc2)c1. The third-order valence-corrected chi connectivity index (χ3v) is 2.66. The molecule has 0 fully saturated rings. The number of methoxy groups -OCH3 is 1. The topological polar surface area (TPSA) is 51.2 Å². The predicted octanol–water partition coefficient (Wildman–Crippen LogP) is 2.12. The molecule has 2 rings (SSSR count). The van der Waals surface area contributed by atoms with Crippen LogP contribution in [0.2, 0.25) is 0 Å². The summed E-state index contributed by atoms with van der Waals surface area (Å²) < 4.78 is 5.31. The minimum Gasteiger partial charge on any atom is -0.496 e. The van der Waals surface area contributed by atoms with E-state index in [0.717, 1.165) is 16.9 Å². The molecule has 4 nitrogen and oxygen atoms in total. The fourth-order valence-electron chi connectivity index (χ4n) is 1.74. The van der Waals surface area contributed by atoms with Crippen LogP contribution in [0.3, 0.4) is 0 Å². The van der Waals surface area contributed by atoms with Gasteiger partial charge in [0, 0.05) is 36.1 Å². The van der Waals surface area contributed by atoms with Gasteiger partial charge in [-0.25, -0.2) is 0 Å². The van der Waals surface area contributed by atoms with Gasteiger partial charge in [-0.05, 0) is 24.3 Å². The van der Waals surface area contributed by atoms with Crippen LogP contribution in [0.4, 0.5) is 0 Å². The van der Waals surface area contributed by atoms with E-state index in [1.807, 2.05) is 12.1 Å². The van der Waals surface area contributed by atoms with Gasteiger partial charge in [-0.1, -0.05) is 6.07 Å². The Bertz CT molecular complexity index is 553. The minimum atomic E-state index is -0.122. The van der Waals surface area contributed by atoms with Gasteiger partial charge >= 0.3 is 0 Å². The van der Waals surface area contributed by atoms with Crippen LogP contribution in [0.1, 0.15) is 10.4 Å². The summed E-state index contributed by atoms with van der Waals surface area (Å²) in [5.41, 5.74) is 2.36. The van der Waals surface area contributed by atoms with Gasteiger partial charge in [0.15, 0.2) is 0 Å². The molecule has 0 unspecified atom stereocenters. The summed E-state index contributed by atoms with van der Waals surface area (Å²) in [7, 11) is 3.21. The number of carbonyl (C=O) groups excluding carboxylic acids is 1. The average molecular weight is 242 g/mol. The lowest BCUT2D eigenvalue weighted by atomic mass is 10.0. The average Bonchev–Trinajstić information content (AvgIpc) is 2.46. The van der Waals surface area contributed by atoms with E-state index in [4.69, 9.17) is 4.74 Å². The highest BCUT2D eigenvalue weighted by molar-refractivity contribution is 5.95. The molecule has 0 radical (unpaired) electrons.